The summed E-state index contributed by atoms with van der Waals surface area (Å²) in [6, 6.07) is 13.4. The molecule has 0 radical (unpaired) electrons. The summed E-state index contributed by atoms with van der Waals surface area (Å²) in [6.45, 7) is 3.60. The Labute approximate surface area is 172 Å². The van der Waals surface area contributed by atoms with Crippen molar-refractivity contribution in [3.8, 4) is 0 Å². The topological polar surface area (TPSA) is 103 Å². The lowest BCUT2D eigenvalue weighted by atomic mass is 10.0. The number of rotatable bonds is 3. The molecule has 0 spiro atoms. The van der Waals surface area contributed by atoms with Gasteiger partial charge in [-0.1, -0.05) is 56.3 Å². The molecule has 2 aliphatic heterocycles. The summed E-state index contributed by atoms with van der Waals surface area (Å²) in [6.07, 6.45) is 1.59. The van der Waals surface area contributed by atoms with E-state index in [1.165, 1.54) is 0 Å². The van der Waals surface area contributed by atoms with Gasteiger partial charge in [-0.25, -0.2) is 13.3 Å². The lowest BCUT2D eigenvalue weighted by Gasteiger charge is -2.24. The van der Waals surface area contributed by atoms with Gasteiger partial charge in [0.25, 0.3) is 5.91 Å². The Kier molecular flexibility index (Phi) is 4.87. The van der Waals surface area contributed by atoms with Crippen molar-refractivity contribution in [1.29, 1.82) is 5.41 Å². The molecule has 2 aromatic carbocycles. The van der Waals surface area contributed by atoms with Gasteiger partial charge < -0.3 is 0 Å². The maximum atomic E-state index is 12.7. The van der Waals surface area contributed by atoms with Crippen LogP contribution in [0.1, 0.15) is 19.4 Å². The number of hydrogen-bond donors (Lipinski definition) is 1. The molecule has 0 saturated carbocycles. The highest BCUT2D eigenvalue weighted by atomic mass is 32.2. The van der Waals surface area contributed by atoms with E-state index < -0.39 is 15.7 Å². The van der Waals surface area contributed by atoms with Gasteiger partial charge in [-0.3, -0.25) is 10.2 Å². The zero-order chi connectivity index (χ0) is 20.8. The summed E-state index contributed by atoms with van der Waals surface area (Å²) in [5.41, 5.74) is 0.783. The SMILES string of the molecule is CC(C)CS(=O)(=O)C1=NSC2=NC(=O)/C(=C\c3cccc4ccccc34)C(=N)N21. The van der Waals surface area contributed by atoms with Crippen molar-refractivity contribution in [1.82, 2.24) is 4.90 Å². The molecular weight excluding hydrogens is 408 g/mol. The average molecular weight is 427 g/mol. The Balaban J connectivity index is 1.78. The highest BCUT2D eigenvalue weighted by Crippen LogP contribution is 2.31. The molecule has 2 heterocycles. The summed E-state index contributed by atoms with van der Waals surface area (Å²) in [5.74, 6) is -1.01. The Morgan fingerprint density at radius 2 is 1.90 bits per heavy atom. The molecule has 0 aliphatic carbocycles. The predicted octanol–water partition coefficient (Wildman–Crippen LogP) is 3.49. The van der Waals surface area contributed by atoms with Crippen molar-refractivity contribution in [3.63, 3.8) is 0 Å². The molecule has 0 fully saturated rings. The number of amides is 1. The van der Waals surface area contributed by atoms with E-state index in [1.54, 1.807) is 19.9 Å². The number of amidine groups is 3. The van der Waals surface area contributed by atoms with E-state index in [-0.39, 0.29) is 33.4 Å². The third kappa shape index (κ3) is 3.51. The fourth-order valence-electron chi connectivity index (χ4n) is 3.25. The van der Waals surface area contributed by atoms with Crippen LogP contribution >= 0.6 is 11.9 Å². The largest absolute Gasteiger partial charge is 0.283 e. The summed E-state index contributed by atoms with van der Waals surface area (Å²) < 4.78 is 29.4. The molecule has 29 heavy (non-hydrogen) atoms. The minimum Gasteiger partial charge on any atom is -0.283 e. The van der Waals surface area contributed by atoms with E-state index in [2.05, 4.69) is 9.39 Å². The van der Waals surface area contributed by atoms with E-state index in [1.807, 2.05) is 42.5 Å². The summed E-state index contributed by atoms with van der Waals surface area (Å²) in [4.78, 5) is 17.7. The minimum atomic E-state index is -3.72. The Morgan fingerprint density at radius 1 is 1.17 bits per heavy atom. The number of carbonyl (C=O) groups excluding carboxylic acids is 1. The van der Waals surface area contributed by atoms with Crippen LogP contribution in [0.2, 0.25) is 0 Å². The molecule has 2 aliphatic rings. The first-order valence-electron chi connectivity index (χ1n) is 8.97. The van der Waals surface area contributed by atoms with E-state index in [0.29, 0.717) is 0 Å². The first kappa shape index (κ1) is 19.5. The monoisotopic (exact) mass is 426 g/mol. The molecule has 0 aromatic heterocycles. The van der Waals surface area contributed by atoms with Crippen LogP contribution in [-0.2, 0) is 14.6 Å². The second-order valence-corrected chi connectivity index (χ2v) is 9.81. The number of benzene rings is 2. The first-order chi connectivity index (χ1) is 13.8. The van der Waals surface area contributed by atoms with Gasteiger partial charge in [0.15, 0.2) is 0 Å². The zero-order valence-corrected chi connectivity index (χ0v) is 17.4. The number of hydrogen-bond acceptors (Lipinski definition) is 6. The van der Waals surface area contributed by atoms with Crippen LogP contribution in [0.5, 0.6) is 0 Å². The number of fused-ring (bicyclic) bond motifs is 2. The molecule has 148 valence electrons. The van der Waals surface area contributed by atoms with E-state index in [0.717, 1.165) is 33.2 Å². The quantitative estimate of drug-likeness (QED) is 0.598. The molecule has 0 atom stereocenters. The minimum absolute atomic E-state index is 0.0278. The molecule has 4 rings (SSSR count). The highest BCUT2D eigenvalue weighted by Gasteiger charge is 2.42. The lowest BCUT2D eigenvalue weighted by molar-refractivity contribution is -0.114. The van der Waals surface area contributed by atoms with Crippen LogP contribution in [0.15, 0.2) is 57.4 Å². The van der Waals surface area contributed by atoms with Crippen molar-refractivity contribution < 1.29 is 13.2 Å². The number of sulfone groups is 1. The van der Waals surface area contributed by atoms with Crippen LogP contribution in [0, 0.1) is 11.3 Å². The maximum absolute atomic E-state index is 12.7. The Morgan fingerprint density at radius 3 is 2.66 bits per heavy atom. The molecule has 7 nitrogen and oxygen atoms in total. The van der Waals surface area contributed by atoms with Crippen LogP contribution in [0.25, 0.3) is 16.8 Å². The highest BCUT2D eigenvalue weighted by molar-refractivity contribution is 8.16. The van der Waals surface area contributed by atoms with Crippen LogP contribution in [0.3, 0.4) is 0 Å². The molecule has 0 unspecified atom stereocenters. The lowest BCUT2D eigenvalue weighted by Crippen LogP contribution is -2.46. The van der Waals surface area contributed by atoms with Gasteiger partial charge in [-0.2, -0.15) is 9.39 Å². The van der Waals surface area contributed by atoms with E-state index >= 15 is 0 Å². The molecule has 2 aromatic rings. The van der Waals surface area contributed by atoms with Crippen LogP contribution in [-0.4, -0.2) is 41.1 Å². The van der Waals surface area contributed by atoms with Crippen molar-refractivity contribution in [2.45, 2.75) is 13.8 Å². The van der Waals surface area contributed by atoms with E-state index in [4.69, 9.17) is 5.41 Å². The number of nitrogens with zero attached hydrogens (tertiary/aromatic N) is 3. The van der Waals surface area contributed by atoms with Gasteiger partial charge in [-0.05, 0) is 28.3 Å². The molecule has 1 N–H and O–H groups in total. The molecule has 9 heteroatoms. The van der Waals surface area contributed by atoms with Crippen LogP contribution < -0.4 is 0 Å². The van der Waals surface area contributed by atoms with E-state index in [9.17, 15) is 13.2 Å². The third-order valence-electron chi connectivity index (χ3n) is 4.45. The van der Waals surface area contributed by atoms with Crippen molar-refractivity contribution in [3.05, 3.63) is 53.6 Å². The first-order valence-corrected chi connectivity index (χ1v) is 11.4. The fourth-order valence-corrected chi connectivity index (χ4v) is 5.98. The summed E-state index contributed by atoms with van der Waals surface area (Å²) >= 11 is 0.803. The molecular formula is C20H18N4O3S2. The molecule has 1 amide bonds. The van der Waals surface area contributed by atoms with Crippen LogP contribution in [0.4, 0.5) is 0 Å². The number of carbonyl (C=O) groups is 1. The normalized spacial score (nSPS) is 18.4. The summed E-state index contributed by atoms with van der Waals surface area (Å²) in [7, 11) is -3.72. The van der Waals surface area contributed by atoms with Gasteiger partial charge in [0.1, 0.15) is 5.84 Å². The maximum Gasteiger partial charge on any atom is 0.283 e. The smallest absolute Gasteiger partial charge is 0.283 e. The summed E-state index contributed by atoms with van der Waals surface area (Å²) in [5, 5.41) is 10.3. The predicted molar refractivity (Wildman–Crippen MR) is 118 cm³/mol. The second-order valence-electron chi connectivity index (χ2n) is 7.15. The van der Waals surface area contributed by atoms with Gasteiger partial charge in [0.05, 0.1) is 23.3 Å². The molecule has 0 saturated heterocycles. The van der Waals surface area contributed by atoms with Gasteiger partial charge >= 0.3 is 0 Å². The standard InChI is InChI=1S/C20H18N4O3S2/c1-12(2)11-29(26,27)20-23-28-19-22-18(25)16(17(21)24(19)20)10-14-8-5-7-13-6-3-4-9-15(13)14/h3-10,12,21H,11H2,1-2H3/b16-10-,21-17?. The number of nitrogens with one attached hydrogen (secondary N) is 1. The number of aliphatic imine (C=N–C) groups is 1. The molecule has 0 bridgehead atoms. The Bertz CT molecular complexity index is 1240. The average Bonchev–Trinajstić information content (AvgIpc) is 3.09. The second kappa shape index (κ2) is 7.23. The van der Waals surface area contributed by atoms with Gasteiger partial charge in [-0.15, -0.1) is 0 Å². The van der Waals surface area contributed by atoms with Gasteiger partial charge in [0, 0.05) is 0 Å². The zero-order valence-electron chi connectivity index (χ0n) is 15.8. The third-order valence-corrected chi connectivity index (χ3v) is 7.20. The van der Waals surface area contributed by atoms with Gasteiger partial charge in [0.2, 0.25) is 20.2 Å². The van der Waals surface area contributed by atoms with Crippen molar-refractivity contribution >= 4 is 60.7 Å². The van der Waals surface area contributed by atoms with Crippen molar-refractivity contribution in [2.75, 3.05) is 5.75 Å². The van der Waals surface area contributed by atoms with Crippen molar-refractivity contribution in [2.24, 2.45) is 15.3 Å². The Hall–Kier alpha value is -2.78. The fraction of sp³-hybridized carbons (Fsp3) is 0.200.